The molecule has 1 aliphatic rings. The minimum Gasteiger partial charge on any atom is -0.481 e. The van der Waals surface area contributed by atoms with Crippen LogP contribution in [0.1, 0.15) is 12.8 Å². The number of halogens is 2. The highest BCUT2D eigenvalue weighted by molar-refractivity contribution is 6.30. The predicted molar refractivity (Wildman–Crippen MR) is 76.8 cm³/mol. The van der Waals surface area contributed by atoms with Crippen LogP contribution in [0.4, 0.5) is 10.1 Å². The molecule has 0 bridgehead atoms. The molecule has 0 saturated carbocycles. The highest BCUT2D eigenvalue weighted by atomic mass is 35.5. The summed E-state index contributed by atoms with van der Waals surface area (Å²) >= 11 is 5.77. The standard InChI is InChI=1S/C14H16ClFN2O3/c15-10-1-2-11(16)12(7-10)17-8-13(19)18-5-3-9(4-6-18)14(20)21/h1-2,7,9,17H,3-6,8H2,(H,20,21). The summed E-state index contributed by atoms with van der Waals surface area (Å²) in [7, 11) is 0. The molecule has 1 fully saturated rings. The second-order valence-electron chi connectivity index (χ2n) is 4.97. The summed E-state index contributed by atoms with van der Waals surface area (Å²) in [5.74, 6) is -1.86. The molecule has 1 aromatic rings. The van der Waals surface area contributed by atoms with Crippen LogP contribution in [0.3, 0.4) is 0 Å². The molecule has 0 radical (unpaired) electrons. The molecule has 5 nitrogen and oxygen atoms in total. The number of nitrogens with zero attached hydrogens (tertiary/aromatic N) is 1. The Labute approximate surface area is 126 Å². The number of amides is 1. The van der Waals surface area contributed by atoms with Gasteiger partial charge in [-0.15, -0.1) is 0 Å². The Balaban J connectivity index is 1.85. The number of rotatable bonds is 4. The molecular formula is C14H16ClFN2O3. The lowest BCUT2D eigenvalue weighted by Gasteiger charge is -2.30. The van der Waals surface area contributed by atoms with Crippen molar-refractivity contribution in [2.45, 2.75) is 12.8 Å². The number of carbonyl (C=O) groups excluding carboxylic acids is 1. The Morgan fingerprint density at radius 2 is 2.05 bits per heavy atom. The predicted octanol–water partition coefficient (Wildman–Crippen LogP) is 2.21. The highest BCUT2D eigenvalue weighted by Crippen LogP contribution is 2.20. The zero-order valence-electron chi connectivity index (χ0n) is 11.3. The summed E-state index contributed by atoms with van der Waals surface area (Å²) in [6.45, 7) is 0.778. The maximum absolute atomic E-state index is 13.5. The van der Waals surface area contributed by atoms with Crippen LogP contribution in [0, 0.1) is 11.7 Å². The summed E-state index contributed by atoms with van der Waals surface area (Å²) in [6.07, 6.45) is 0.902. The van der Waals surface area contributed by atoms with E-state index in [2.05, 4.69) is 5.32 Å². The molecule has 2 N–H and O–H groups in total. The fourth-order valence-corrected chi connectivity index (χ4v) is 2.46. The molecule has 0 aromatic heterocycles. The monoisotopic (exact) mass is 314 g/mol. The molecule has 1 heterocycles. The fourth-order valence-electron chi connectivity index (χ4n) is 2.29. The molecular weight excluding hydrogens is 299 g/mol. The van der Waals surface area contributed by atoms with Crippen LogP contribution in [0.15, 0.2) is 18.2 Å². The number of carboxylic acids is 1. The van der Waals surface area contributed by atoms with Crippen molar-refractivity contribution in [2.75, 3.05) is 25.0 Å². The molecule has 1 saturated heterocycles. The van der Waals surface area contributed by atoms with Gasteiger partial charge in [0.25, 0.3) is 0 Å². The van der Waals surface area contributed by atoms with E-state index in [1.165, 1.54) is 18.2 Å². The summed E-state index contributed by atoms with van der Waals surface area (Å²) in [5, 5.41) is 12.0. The first kappa shape index (κ1) is 15.6. The van der Waals surface area contributed by atoms with E-state index in [1.807, 2.05) is 0 Å². The number of hydrogen-bond donors (Lipinski definition) is 2. The Morgan fingerprint density at radius 1 is 1.38 bits per heavy atom. The second kappa shape index (κ2) is 6.76. The molecule has 114 valence electrons. The summed E-state index contributed by atoms with van der Waals surface area (Å²) in [6, 6.07) is 4.08. The van der Waals surface area contributed by atoms with Crippen LogP contribution in [-0.4, -0.2) is 41.5 Å². The lowest BCUT2D eigenvalue weighted by molar-refractivity contribution is -0.145. The average molecular weight is 315 g/mol. The quantitative estimate of drug-likeness (QED) is 0.894. The van der Waals surface area contributed by atoms with Gasteiger partial charge in [0.05, 0.1) is 18.2 Å². The molecule has 1 amide bonds. The lowest BCUT2D eigenvalue weighted by Crippen LogP contribution is -2.42. The third-order valence-electron chi connectivity index (χ3n) is 3.56. The summed E-state index contributed by atoms with van der Waals surface area (Å²) < 4.78 is 13.5. The molecule has 1 aliphatic heterocycles. The summed E-state index contributed by atoms with van der Waals surface area (Å²) in [5.41, 5.74) is 0.177. The van der Waals surface area contributed by atoms with E-state index >= 15 is 0 Å². The van der Waals surface area contributed by atoms with Crippen molar-refractivity contribution in [2.24, 2.45) is 5.92 Å². The van der Waals surface area contributed by atoms with Crippen molar-refractivity contribution in [3.63, 3.8) is 0 Å². The SMILES string of the molecule is O=C(O)C1CCN(C(=O)CNc2cc(Cl)ccc2F)CC1. The van der Waals surface area contributed by atoms with Crippen LogP contribution in [0.25, 0.3) is 0 Å². The largest absolute Gasteiger partial charge is 0.481 e. The number of likely N-dealkylation sites (tertiary alicyclic amines) is 1. The topological polar surface area (TPSA) is 69.6 Å². The third-order valence-corrected chi connectivity index (χ3v) is 3.79. The molecule has 1 aromatic carbocycles. The van der Waals surface area contributed by atoms with Crippen LogP contribution in [0.5, 0.6) is 0 Å². The van der Waals surface area contributed by atoms with E-state index in [0.29, 0.717) is 31.0 Å². The Bertz CT molecular complexity index is 545. The van der Waals surface area contributed by atoms with Crippen molar-refractivity contribution in [3.8, 4) is 0 Å². The van der Waals surface area contributed by atoms with E-state index in [-0.39, 0.29) is 24.1 Å². The minimum atomic E-state index is -0.818. The molecule has 0 spiro atoms. The highest BCUT2D eigenvalue weighted by Gasteiger charge is 2.26. The molecule has 0 unspecified atom stereocenters. The maximum atomic E-state index is 13.5. The van der Waals surface area contributed by atoms with Crippen LogP contribution >= 0.6 is 11.6 Å². The number of nitrogens with one attached hydrogen (secondary N) is 1. The average Bonchev–Trinajstić information content (AvgIpc) is 2.48. The Hall–Kier alpha value is -1.82. The molecule has 2 rings (SSSR count). The van der Waals surface area contributed by atoms with Crippen LogP contribution in [0.2, 0.25) is 5.02 Å². The lowest BCUT2D eigenvalue weighted by atomic mass is 9.97. The van der Waals surface area contributed by atoms with Crippen molar-refractivity contribution < 1.29 is 19.1 Å². The van der Waals surface area contributed by atoms with E-state index in [4.69, 9.17) is 16.7 Å². The maximum Gasteiger partial charge on any atom is 0.306 e. The first-order chi connectivity index (χ1) is 9.97. The van der Waals surface area contributed by atoms with Crippen molar-refractivity contribution in [1.29, 1.82) is 0 Å². The number of carbonyl (C=O) groups is 2. The first-order valence-electron chi connectivity index (χ1n) is 6.67. The van der Waals surface area contributed by atoms with Crippen molar-refractivity contribution in [1.82, 2.24) is 4.90 Å². The van der Waals surface area contributed by atoms with Gasteiger partial charge in [0, 0.05) is 18.1 Å². The Morgan fingerprint density at radius 3 is 2.67 bits per heavy atom. The molecule has 0 aliphatic carbocycles. The number of benzene rings is 1. The van der Waals surface area contributed by atoms with Gasteiger partial charge in [-0.05, 0) is 31.0 Å². The summed E-state index contributed by atoms with van der Waals surface area (Å²) in [4.78, 5) is 24.4. The Kier molecular flexibility index (Phi) is 5.01. The van der Waals surface area contributed by atoms with Gasteiger partial charge < -0.3 is 15.3 Å². The number of hydrogen-bond acceptors (Lipinski definition) is 3. The van der Waals surface area contributed by atoms with Gasteiger partial charge in [-0.1, -0.05) is 11.6 Å². The number of piperidine rings is 1. The smallest absolute Gasteiger partial charge is 0.306 e. The van der Waals surface area contributed by atoms with Crippen molar-refractivity contribution >= 4 is 29.2 Å². The van der Waals surface area contributed by atoms with Crippen LogP contribution < -0.4 is 5.32 Å². The number of carboxylic acid groups (broad SMARTS) is 1. The van der Waals surface area contributed by atoms with Gasteiger partial charge in [-0.25, -0.2) is 4.39 Å². The number of aliphatic carboxylic acids is 1. The van der Waals surface area contributed by atoms with E-state index in [9.17, 15) is 14.0 Å². The van der Waals surface area contributed by atoms with Gasteiger partial charge in [-0.3, -0.25) is 9.59 Å². The van der Waals surface area contributed by atoms with E-state index in [1.54, 1.807) is 4.90 Å². The van der Waals surface area contributed by atoms with E-state index in [0.717, 1.165) is 0 Å². The van der Waals surface area contributed by atoms with Gasteiger partial charge >= 0.3 is 5.97 Å². The minimum absolute atomic E-state index is 0.0466. The third kappa shape index (κ3) is 4.07. The first-order valence-corrected chi connectivity index (χ1v) is 7.04. The fraction of sp³-hybridized carbons (Fsp3) is 0.429. The molecule has 21 heavy (non-hydrogen) atoms. The normalized spacial score (nSPS) is 15.8. The molecule has 0 atom stereocenters. The van der Waals surface area contributed by atoms with Gasteiger partial charge in [0.1, 0.15) is 5.82 Å². The van der Waals surface area contributed by atoms with Gasteiger partial charge in [0.2, 0.25) is 5.91 Å². The van der Waals surface area contributed by atoms with Gasteiger partial charge in [0.15, 0.2) is 0 Å². The zero-order valence-corrected chi connectivity index (χ0v) is 12.1. The van der Waals surface area contributed by atoms with Crippen molar-refractivity contribution in [3.05, 3.63) is 29.0 Å². The van der Waals surface area contributed by atoms with Crippen LogP contribution in [-0.2, 0) is 9.59 Å². The number of anilines is 1. The second-order valence-corrected chi connectivity index (χ2v) is 5.41. The zero-order chi connectivity index (χ0) is 15.4. The van der Waals surface area contributed by atoms with Gasteiger partial charge in [-0.2, -0.15) is 0 Å². The van der Waals surface area contributed by atoms with E-state index < -0.39 is 11.8 Å². The molecule has 7 heteroatoms.